The number of likely N-dealkylation sites (N-methyl/N-ethyl adjacent to an activating group) is 2. The van der Waals surface area contributed by atoms with Gasteiger partial charge in [0.15, 0.2) is 0 Å². The van der Waals surface area contributed by atoms with Crippen molar-refractivity contribution in [1.29, 1.82) is 0 Å². The molecule has 1 fully saturated rings. The maximum absolute atomic E-state index is 3.28. The van der Waals surface area contributed by atoms with Crippen LogP contribution in [0.4, 0.5) is 0 Å². The summed E-state index contributed by atoms with van der Waals surface area (Å²) in [7, 11) is 4.33. The largest absolute Gasteiger partial charge is 0.318 e. The van der Waals surface area contributed by atoms with Crippen molar-refractivity contribution in [2.24, 2.45) is 5.92 Å². The van der Waals surface area contributed by atoms with Gasteiger partial charge in [-0.1, -0.05) is 19.8 Å². The van der Waals surface area contributed by atoms with Crippen molar-refractivity contribution in [1.82, 2.24) is 10.2 Å². The molecule has 1 saturated carbocycles. The smallest absolute Gasteiger partial charge is 0.0214 e. The molecule has 0 radical (unpaired) electrons. The Morgan fingerprint density at radius 3 is 2.50 bits per heavy atom. The van der Waals surface area contributed by atoms with E-state index in [0.29, 0.717) is 0 Å². The van der Waals surface area contributed by atoms with Crippen LogP contribution in [0.25, 0.3) is 0 Å². The van der Waals surface area contributed by atoms with E-state index in [9.17, 15) is 0 Å². The van der Waals surface area contributed by atoms with E-state index in [1.54, 1.807) is 0 Å². The van der Waals surface area contributed by atoms with Gasteiger partial charge in [-0.05, 0) is 39.3 Å². The molecule has 0 saturated heterocycles. The normalized spacial score (nSPS) is 20.6. The summed E-state index contributed by atoms with van der Waals surface area (Å²) in [6, 6.07) is 0.723. The van der Waals surface area contributed by atoms with Gasteiger partial charge in [0.2, 0.25) is 0 Å². The number of hydrogen-bond donors (Lipinski definition) is 1. The minimum Gasteiger partial charge on any atom is -0.318 e. The lowest BCUT2D eigenvalue weighted by molar-refractivity contribution is 0.199. The maximum Gasteiger partial charge on any atom is 0.0214 e. The van der Waals surface area contributed by atoms with Crippen LogP contribution in [-0.2, 0) is 0 Å². The van der Waals surface area contributed by atoms with E-state index in [4.69, 9.17) is 0 Å². The Morgan fingerprint density at radius 2 is 2.00 bits per heavy atom. The van der Waals surface area contributed by atoms with Gasteiger partial charge in [-0.2, -0.15) is 0 Å². The van der Waals surface area contributed by atoms with Gasteiger partial charge >= 0.3 is 0 Å². The molecule has 0 bridgehead atoms. The average molecular weight is 198 g/mol. The lowest BCUT2D eigenvalue weighted by Crippen LogP contribution is -2.40. The highest BCUT2D eigenvalue weighted by atomic mass is 15.1. The summed E-state index contributed by atoms with van der Waals surface area (Å²) in [6.45, 7) is 4.72. The minimum atomic E-state index is 0.723. The summed E-state index contributed by atoms with van der Waals surface area (Å²) in [6.07, 6.45) is 7.09. The number of nitrogens with one attached hydrogen (secondary N) is 1. The fraction of sp³-hybridized carbons (Fsp3) is 1.00. The van der Waals surface area contributed by atoms with E-state index in [1.165, 1.54) is 38.6 Å². The second-order valence-electron chi connectivity index (χ2n) is 4.71. The average Bonchev–Trinajstić information content (AvgIpc) is 2.66. The molecule has 14 heavy (non-hydrogen) atoms. The third-order valence-corrected chi connectivity index (χ3v) is 3.56. The fourth-order valence-electron chi connectivity index (χ4n) is 2.60. The Balaban J connectivity index is 2.26. The van der Waals surface area contributed by atoms with Gasteiger partial charge in [-0.3, -0.25) is 0 Å². The highest BCUT2D eigenvalue weighted by Crippen LogP contribution is 2.25. The van der Waals surface area contributed by atoms with Crippen molar-refractivity contribution in [3.05, 3.63) is 0 Å². The van der Waals surface area contributed by atoms with E-state index in [0.717, 1.165) is 18.5 Å². The van der Waals surface area contributed by atoms with Gasteiger partial charge in [0.1, 0.15) is 0 Å². The van der Waals surface area contributed by atoms with Crippen LogP contribution in [-0.4, -0.2) is 38.1 Å². The second-order valence-corrected chi connectivity index (χ2v) is 4.71. The summed E-state index contributed by atoms with van der Waals surface area (Å²) in [5, 5.41) is 3.28. The summed E-state index contributed by atoms with van der Waals surface area (Å²) in [5.41, 5.74) is 0. The number of rotatable bonds is 6. The van der Waals surface area contributed by atoms with Gasteiger partial charge in [-0.15, -0.1) is 0 Å². The third kappa shape index (κ3) is 3.58. The highest BCUT2D eigenvalue weighted by molar-refractivity contribution is 4.75. The van der Waals surface area contributed by atoms with Crippen LogP contribution in [0.15, 0.2) is 0 Å². The zero-order valence-electron chi connectivity index (χ0n) is 10.1. The van der Waals surface area contributed by atoms with Crippen molar-refractivity contribution < 1.29 is 0 Å². The van der Waals surface area contributed by atoms with E-state index < -0.39 is 0 Å². The Hall–Kier alpha value is -0.0800. The van der Waals surface area contributed by atoms with Gasteiger partial charge < -0.3 is 10.2 Å². The van der Waals surface area contributed by atoms with Gasteiger partial charge in [0.25, 0.3) is 0 Å². The molecular weight excluding hydrogens is 172 g/mol. The van der Waals surface area contributed by atoms with Gasteiger partial charge in [-0.25, -0.2) is 0 Å². The zero-order chi connectivity index (χ0) is 10.4. The molecule has 0 aromatic rings. The molecule has 0 heterocycles. The van der Waals surface area contributed by atoms with E-state index in [-0.39, 0.29) is 0 Å². The summed E-state index contributed by atoms with van der Waals surface area (Å²) in [5.74, 6) is 0.978. The minimum absolute atomic E-state index is 0.723. The number of hydrogen-bond acceptors (Lipinski definition) is 2. The quantitative estimate of drug-likeness (QED) is 0.703. The first kappa shape index (κ1) is 12.0. The van der Waals surface area contributed by atoms with Crippen LogP contribution in [0, 0.1) is 5.92 Å². The molecule has 2 heteroatoms. The van der Waals surface area contributed by atoms with Crippen molar-refractivity contribution in [3.63, 3.8) is 0 Å². The molecule has 0 amide bonds. The number of nitrogens with zero attached hydrogens (tertiary/aromatic N) is 1. The molecule has 1 N–H and O–H groups in total. The molecule has 0 spiro atoms. The van der Waals surface area contributed by atoms with E-state index >= 15 is 0 Å². The van der Waals surface area contributed by atoms with Crippen molar-refractivity contribution in [3.8, 4) is 0 Å². The summed E-state index contributed by atoms with van der Waals surface area (Å²) < 4.78 is 0. The molecule has 1 aliphatic rings. The molecule has 1 unspecified atom stereocenters. The lowest BCUT2D eigenvalue weighted by Gasteiger charge is -2.29. The van der Waals surface area contributed by atoms with Crippen LogP contribution in [0.2, 0.25) is 0 Å². The van der Waals surface area contributed by atoms with Crippen molar-refractivity contribution >= 4 is 0 Å². The molecule has 84 valence electrons. The van der Waals surface area contributed by atoms with Crippen molar-refractivity contribution in [2.45, 2.75) is 45.1 Å². The standard InChI is InChI=1S/C12H26N2/c1-4-12(9-13-2)14(3)10-11-7-5-6-8-11/h11-13H,4-10H2,1-3H3. The second kappa shape index (κ2) is 6.41. The predicted molar refractivity (Wildman–Crippen MR) is 62.6 cm³/mol. The Bertz CT molecular complexity index is 141. The van der Waals surface area contributed by atoms with Crippen LogP contribution in [0.3, 0.4) is 0 Å². The Labute approximate surface area is 89.1 Å². The summed E-state index contributed by atoms with van der Waals surface area (Å²) >= 11 is 0. The Kier molecular flexibility index (Phi) is 5.49. The molecule has 1 aliphatic carbocycles. The Morgan fingerprint density at radius 1 is 1.36 bits per heavy atom. The van der Waals surface area contributed by atoms with Gasteiger partial charge in [0, 0.05) is 19.1 Å². The maximum atomic E-state index is 3.28. The van der Waals surface area contributed by atoms with Crippen LogP contribution in [0.5, 0.6) is 0 Å². The van der Waals surface area contributed by atoms with Gasteiger partial charge in [0.05, 0.1) is 0 Å². The SMILES string of the molecule is CCC(CNC)N(C)CC1CCCC1. The lowest BCUT2D eigenvalue weighted by atomic mass is 10.1. The van der Waals surface area contributed by atoms with E-state index in [1.807, 2.05) is 7.05 Å². The first-order valence-electron chi connectivity index (χ1n) is 6.12. The molecule has 0 aliphatic heterocycles. The fourth-order valence-corrected chi connectivity index (χ4v) is 2.60. The zero-order valence-corrected chi connectivity index (χ0v) is 10.1. The predicted octanol–water partition coefficient (Wildman–Crippen LogP) is 2.11. The van der Waals surface area contributed by atoms with Crippen LogP contribution < -0.4 is 5.32 Å². The molecule has 1 rings (SSSR count). The molecule has 0 aromatic carbocycles. The topological polar surface area (TPSA) is 15.3 Å². The van der Waals surface area contributed by atoms with Crippen LogP contribution >= 0.6 is 0 Å². The monoisotopic (exact) mass is 198 g/mol. The highest BCUT2D eigenvalue weighted by Gasteiger charge is 2.19. The molecular formula is C12H26N2. The summed E-state index contributed by atoms with van der Waals surface area (Å²) in [4.78, 5) is 2.55. The molecule has 1 atom stereocenters. The molecule has 0 aromatic heterocycles. The van der Waals surface area contributed by atoms with Crippen LogP contribution in [0.1, 0.15) is 39.0 Å². The van der Waals surface area contributed by atoms with Crippen molar-refractivity contribution in [2.75, 3.05) is 27.2 Å². The van der Waals surface area contributed by atoms with E-state index in [2.05, 4.69) is 24.2 Å². The first-order valence-corrected chi connectivity index (χ1v) is 6.12. The third-order valence-electron chi connectivity index (χ3n) is 3.56. The molecule has 2 nitrogen and oxygen atoms in total. The first-order chi connectivity index (χ1) is 6.77.